The Balaban J connectivity index is 1.53. The zero-order valence-electron chi connectivity index (χ0n) is 17.4. The van der Waals surface area contributed by atoms with Crippen molar-refractivity contribution in [1.82, 2.24) is 9.97 Å². The normalized spacial score (nSPS) is 19.0. The number of benzene rings is 2. The van der Waals surface area contributed by atoms with E-state index in [9.17, 15) is 10.1 Å². The summed E-state index contributed by atoms with van der Waals surface area (Å²) in [4.78, 5) is 19.8. The number of aromatic nitrogens is 2. The highest BCUT2D eigenvalue weighted by atomic mass is 16.6. The van der Waals surface area contributed by atoms with Gasteiger partial charge in [0.1, 0.15) is 5.82 Å². The highest BCUT2D eigenvalue weighted by Gasteiger charge is 2.21. The van der Waals surface area contributed by atoms with Gasteiger partial charge in [-0.1, -0.05) is 24.6 Å². The Bertz CT molecular complexity index is 1080. The van der Waals surface area contributed by atoms with Gasteiger partial charge in [-0.05, 0) is 73.5 Å². The van der Waals surface area contributed by atoms with Gasteiger partial charge in [0.25, 0.3) is 5.69 Å². The van der Waals surface area contributed by atoms with E-state index >= 15 is 0 Å². The second-order valence-corrected chi connectivity index (χ2v) is 8.14. The first-order valence-corrected chi connectivity index (χ1v) is 10.8. The molecule has 0 saturated heterocycles. The largest absolute Gasteiger partial charge is 0.369 e. The molecule has 31 heavy (non-hydrogen) atoms. The van der Waals surface area contributed by atoms with E-state index in [0.29, 0.717) is 17.7 Å². The number of nitro groups is 1. The number of hydrogen-bond donors (Lipinski definition) is 2. The molecule has 0 amide bonds. The molecule has 2 atom stereocenters. The third-order valence-electron chi connectivity index (χ3n) is 5.93. The maximum Gasteiger partial charge on any atom is 0.269 e. The van der Waals surface area contributed by atoms with Crippen LogP contribution in [0.25, 0.3) is 23.1 Å². The lowest BCUT2D eigenvalue weighted by molar-refractivity contribution is -0.384. The molecule has 1 aliphatic rings. The molecule has 1 fully saturated rings. The predicted octanol–water partition coefficient (Wildman–Crippen LogP) is 4.89. The van der Waals surface area contributed by atoms with E-state index in [1.165, 1.54) is 37.8 Å². The highest BCUT2D eigenvalue weighted by molar-refractivity contribution is 5.90. The van der Waals surface area contributed by atoms with Crippen LogP contribution in [-0.4, -0.2) is 28.0 Å². The van der Waals surface area contributed by atoms with Crippen molar-refractivity contribution in [3.63, 3.8) is 0 Å². The summed E-state index contributed by atoms with van der Waals surface area (Å²) in [6, 6.07) is 14.4. The fraction of sp³-hybridized carbons (Fsp3) is 0.333. The molecule has 1 saturated carbocycles. The third-order valence-corrected chi connectivity index (χ3v) is 5.93. The fourth-order valence-corrected chi connectivity index (χ4v) is 4.22. The minimum atomic E-state index is -0.403. The standard InChI is InChI=1S/C24H27N5O2/c25-15-18-4-3-5-19(14-18)16-26-24-21-6-1-2-7-22(21)27-23(28-24)13-10-17-8-11-20(12-9-17)29(30)31/h1-2,6-13,18-19H,3-5,14-16,25H2,(H,26,27,28)/b13-10+. The Morgan fingerprint density at radius 3 is 2.61 bits per heavy atom. The van der Waals surface area contributed by atoms with Crippen LogP contribution in [0.15, 0.2) is 48.5 Å². The van der Waals surface area contributed by atoms with Gasteiger partial charge >= 0.3 is 0 Å². The summed E-state index contributed by atoms with van der Waals surface area (Å²) in [5.74, 6) is 2.67. The molecule has 1 aromatic heterocycles. The van der Waals surface area contributed by atoms with Crippen LogP contribution in [0.4, 0.5) is 11.5 Å². The molecule has 2 unspecified atom stereocenters. The molecule has 4 rings (SSSR count). The van der Waals surface area contributed by atoms with Crippen LogP contribution < -0.4 is 11.1 Å². The number of nitrogens with one attached hydrogen (secondary N) is 1. The van der Waals surface area contributed by atoms with E-state index in [-0.39, 0.29) is 5.69 Å². The first kappa shape index (κ1) is 20.9. The SMILES string of the molecule is NCC1CCCC(CNc2nc(/C=C/c3ccc([N+](=O)[O-])cc3)nc3ccccc23)C1. The quantitative estimate of drug-likeness (QED) is 0.419. The van der Waals surface area contributed by atoms with Crippen LogP contribution in [0, 0.1) is 22.0 Å². The molecular formula is C24H27N5O2. The summed E-state index contributed by atoms with van der Waals surface area (Å²) < 4.78 is 0. The Morgan fingerprint density at radius 1 is 1.06 bits per heavy atom. The monoisotopic (exact) mass is 417 g/mol. The topological polar surface area (TPSA) is 107 Å². The molecule has 1 heterocycles. The summed E-state index contributed by atoms with van der Waals surface area (Å²) >= 11 is 0. The smallest absolute Gasteiger partial charge is 0.269 e. The van der Waals surface area contributed by atoms with Crippen LogP contribution in [0.3, 0.4) is 0 Å². The van der Waals surface area contributed by atoms with Crippen LogP contribution in [0.1, 0.15) is 37.1 Å². The number of nitrogens with zero attached hydrogens (tertiary/aromatic N) is 3. The van der Waals surface area contributed by atoms with E-state index in [1.807, 2.05) is 36.4 Å². The number of fused-ring (bicyclic) bond motifs is 1. The molecule has 0 spiro atoms. The second kappa shape index (κ2) is 9.66. The zero-order valence-corrected chi connectivity index (χ0v) is 17.4. The summed E-state index contributed by atoms with van der Waals surface area (Å²) in [6.45, 7) is 1.65. The van der Waals surface area contributed by atoms with Gasteiger partial charge in [-0.3, -0.25) is 10.1 Å². The number of anilines is 1. The van der Waals surface area contributed by atoms with E-state index in [4.69, 9.17) is 10.7 Å². The van der Waals surface area contributed by atoms with E-state index in [0.717, 1.165) is 35.4 Å². The summed E-state index contributed by atoms with van der Waals surface area (Å²) in [5, 5.41) is 15.4. The summed E-state index contributed by atoms with van der Waals surface area (Å²) in [6.07, 6.45) is 8.57. The van der Waals surface area contributed by atoms with Gasteiger partial charge in [0.2, 0.25) is 0 Å². The fourth-order valence-electron chi connectivity index (χ4n) is 4.22. The van der Waals surface area contributed by atoms with Crippen LogP contribution >= 0.6 is 0 Å². The Hall–Kier alpha value is -3.32. The van der Waals surface area contributed by atoms with E-state index in [1.54, 1.807) is 12.1 Å². The van der Waals surface area contributed by atoms with Crippen molar-refractivity contribution in [2.75, 3.05) is 18.4 Å². The van der Waals surface area contributed by atoms with Crippen molar-refractivity contribution in [3.8, 4) is 0 Å². The van der Waals surface area contributed by atoms with Gasteiger partial charge in [-0.2, -0.15) is 0 Å². The minimum Gasteiger partial charge on any atom is -0.369 e. The molecule has 0 aliphatic heterocycles. The molecule has 7 heteroatoms. The van der Waals surface area contributed by atoms with Crippen molar-refractivity contribution in [2.24, 2.45) is 17.6 Å². The Morgan fingerprint density at radius 2 is 1.84 bits per heavy atom. The number of non-ortho nitro benzene ring substituents is 1. The van der Waals surface area contributed by atoms with Crippen molar-refractivity contribution in [2.45, 2.75) is 25.7 Å². The summed E-state index contributed by atoms with van der Waals surface area (Å²) in [5.41, 5.74) is 7.70. The molecule has 3 N–H and O–H groups in total. The van der Waals surface area contributed by atoms with Gasteiger partial charge in [0.15, 0.2) is 5.82 Å². The van der Waals surface area contributed by atoms with Crippen molar-refractivity contribution < 1.29 is 4.92 Å². The maximum absolute atomic E-state index is 10.8. The average Bonchev–Trinajstić information content (AvgIpc) is 2.81. The molecule has 0 bridgehead atoms. The van der Waals surface area contributed by atoms with Crippen molar-refractivity contribution in [3.05, 3.63) is 70.0 Å². The van der Waals surface area contributed by atoms with Crippen LogP contribution in [0.5, 0.6) is 0 Å². The number of rotatable bonds is 7. The molecule has 1 aliphatic carbocycles. The molecule has 0 radical (unpaired) electrons. The number of para-hydroxylation sites is 1. The molecule has 160 valence electrons. The lowest BCUT2D eigenvalue weighted by atomic mass is 9.81. The first-order chi connectivity index (χ1) is 15.1. The number of nitro benzene ring substituents is 1. The predicted molar refractivity (Wildman–Crippen MR) is 125 cm³/mol. The van der Waals surface area contributed by atoms with Crippen molar-refractivity contribution in [1.29, 1.82) is 0 Å². The second-order valence-electron chi connectivity index (χ2n) is 8.14. The lowest BCUT2D eigenvalue weighted by Gasteiger charge is -2.28. The number of nitrogens with two attached hydrogens (primary N) is 1. The Labute approximate surface area is 181 Å². The molecule has 3 aromatic rings. The summed E-state index contributed by atoms with van der Waals surface area (Å²) in [7, 11) is 0. The first-order valence-electron chi connectivity index (χ1n) is 10.8. The van der Waals surface area contributed by atoms with Gasteiger partial charge < -0.3 is 11.1 Å². The van der Waals surface area contributed by atoms with E-state index in [2.05, 4.69) is 10.3 Å². The highest BCUT2D eigenvalue weighted by Crippen LogP contribution is 2.29. The van der Waals surface area contributed by atoms with Gasteiger partial charge in [-0.25, -0.2) is 9.97 Å². The molecular weight excluding hydrogens is 390 g/mol. The maximum atomic E-state index is 10.8. The molecule has 2 aromatic carbocycles. The Kier molecular flexibility index (Phi) is 6.52. The van der Waals surface area contributed by atoms with Gasteiger partial charge in [0.05, 0.1) is 10.4 Å². The van der Waals surface area contributed by atoms with E-state index < -0.39 is 4.92 Å². The van der Waals surface area contributed by atoms with Crippen LogP contribution in [-0.2, 0) is 0 Å². The van der Waals surface area contributed by atoms with Crippen molar-refractivity contribution >= 4 is 34.6 Å². The number of hydrogen-bond acceptors (Lipinski definition) is 6. The molecule has 7 nitrogen and oxygen atoms in total. The van der Waals surface area contributed by atoms with Gasteiger partial charge in [-0.15, -0.1) is 0 Å². The zero-order chi connectivity index (χ0) is 21.6. The van der Waals surface area contributed by atoms with Crippen LogP contribution in [0.2, 0.25) is 0 Å². The minimum absolute atomic E-state index is 0.0742. The third kappa shape index (κ3) is 5.24. The average molecular weight is 418 g/mol. The lowest BCUT2D eigenvalue weighted by Crippen LogP contribution is -2.26. The van der Waals surface area contributed by atoms with Gasteiger partial charge in [0, 0.05) is 24.1 Å².